The molecule has 0 saturated heterocycles. The Labute approximate surface area is 111 Å². The lowest BCUT2D eigenvalue weighted by Crippen LogP contribution is -1.92. The van der Waals surface area contributed by atoms with E-state index >= 15 is 0 Å². The molecule has 0 aliphatic carbocycles. The molecule has 0 amide bonds. The highest BCUT2D eigenvalue weighted by molar-refractivity contribution is 9.11. The van der Waals surface area contributed by atoms with Gasteiger partial charge in [-0.05, 0) is 40.5 Å². The zero-order valence-corrected chi connectivity index (χ0v) is 11.8. The number of aromatic nitrogens is 3. The highest BCUT2D eigenvalue weighted by atomic mass is 79.9. The van der Waals surface area contributed by atoms with E-state index in [0.29, 0.717) is 0 Å². The molecule has 0 atom stereocenters. The first-order valence-electron chi connectivity index (χ1n) is 5.19. The summed E-state index contributed by atoms with van der Waals surface area (Å²) < 4.78 is 3.10. The van der Waals surface area contributed by atoms with E-state index in [1.54, 1.807) is 11.3 Å². The number of fused-ring (bicyclic) bond motifs is 1. The van der Waals surface area contributed by atoms with Crippen LogP contribution in [-0.4, -0.2) is 14.5 Å². The van der Waals surface area contributed by atoms with Crippen molar-refractivity contribution in [2.75, 3.05) is 0 Å². The fourth-order valence-electron chi connectivity index (χ4n) is 1.90. The van der Waals surface area contributed by atoms with E-state index in [4.69, 9.17) is 0 Å². The Bertz CT molecular complexity index is 699. The van der Waals surface area contributed by atoms with Gasteiger partial charge in [-0.25, -0.2) is 9.97 Å². The third-order valence-corrected chi connectivity index (χ3v) is 4.32. The molecule has 86 valence electrons. The van der Waals surface area contributed by atoms with Crippen molar-refractivity contribution in [3.05, 3.63) is 33.1 Å². The largest absolute Gasteiger partial charge is 0.326 e. The van der Waals surface area contributed by atoms with E-state index in [2.05, 4.69) is 55.6 Å². The average Bonchev–Trinajstić information content (AvgIpc) is 2.83. The van der Waals surface area contributed by atoms with Crippen LogP contribution in [0.5, 0.6) is 0 Å². The Morgan fingerprint density at radius 2 is 2.18 bits per heavy atom. The summed E-state index contributed by atoms with van der Waals surface area (Å²) in [6.45, 7) is 2.08. The molecule has 0 radical (unpaired) electrons. The number of nitrogens with zero attached hydrogens (tertiary/aromatic N) is 3. The van der Waals surface area contributed by atoms with E-state index < -0.39 is 0 Å². The average molecular weight is 308 g/mol. The number of halogens is 1. The minimum atomic E-state index is 0.902. The molecule has 0 saturated carbocycles. The fraction of sp³-hybridized carbons (Fsp3) is 0.167. The molecule has 2 heterocycles. The Balaban J connectivity index is 2.31. The van der Waals surface area contributed by atoms with Crippen molar-refractivity contribution in [1.82, 2.24) is 14.5 Å². The van der Waals surface area contributed by atoms with Crippen LogP contribution in [0.1, 0.15) is 5.56 Å². The molecule has 0 aliphatic heterocycles. The summed E-state index contributed by atoms with van der Waals surface area (Å²) in [5.41, 5.74) is 6.10. The van der Waals surface area contributed by atoms with Gasteiger partial charge in [0.2, 0.25) is 0 Å². The number of benzene rings is 1. The molecule has 2 aromatic heterocycles. The summed E-state index contributed by atoms with van der Waals surface area (Å²) in [5.74, 6) is 0.902. The van der Waals surface area contributed by atoms with Crippen LogP contribution >= 0.6 is 27.3 Å². The molecule has 0 bridgehead atoms. The first-order chi connectivity index (χ1) is 8.16. The summed E-state index contributed by atoms with van der Waals surface area (Å²) in [6, 6.07) is 6.30. The van der Waals surface area contributed by atoms with Gasteiger partial charge in [0.15, 0.2) is 5.82 Å². The van der Waals surface area contributed by atoms with Gasteiger partial charge in [-0.3, -0.25) is 0 Å². The molecule has 3 rings (SSSR count). The van der Waals surface area contributed by atoms with Crippen molar-refractivity contribution in [1.29, 1.82) is 0 Å². The van der Waals surface area contributed by atoms with E-state index in [1.165, 1.54) is 5.56 Å². The lowest BCUT2D eigenvalue weighted by molar-refractivity contribution is 0.952. The van der Waals surface area contributed by atoms with Gasteiger partial charge < -0.3 is 4.57 Å². The van der Waals surface area contributed by atoms with Crippen molar-refractivity contribution in [2.45, 2.75) is 6.92 Å². The maximum absolute atomic E-state index is 4.65. The van der Waals surface area contributed by atoms with Crippen LogP contribution in [0.3, 0.4) is 0 Å². The maximum atomic E-state index is 4.65. The molecule has 17 heavy (non-hydrogen) atoms. The summed E-state index contributed by atoms with van der Waals surface area (Å²) in [6.07, 6.45) is 0. The third kappa shape index (κ3) is 1.70. The Morgan fingerprint density at radius 3 is 2.88 bits per heavy atom. The lowest BCUT2D eigenvalue weighted by Gasteiger charge is -1.99. The van der Waals surface area contributed by atoms with Gasteiger partial charge in [-0.15, -0.1) is 11.3 Å². The molecule has 0 unspecified atom stereocenters. The summed E-state index contributed by atoms with van der Waals surface area (Å²) >= 11 is 5.08. The van der Waals surface area contributed by atoms with E-state index in [1.807, 2.05) is 12.6 Å². The summed E-state index contributed by atoms with van der Waals surface area (Å²) in [7, 11) is 2.02. The smallest absolute Gasteiger partial charge is 0.161 e. The Morgan fingerprint density at radius 1 is 1.35 bits per heavy atom. The van der Waals surface area contributed by atoms with Gasteiger partial charge in [-0.1, -0.05) is 6.07 Å². The SMILES string of the molecule is Cc1ccc2c(c1)nc(-c1ncsc1Br)n2C. The predicted octanol–water partition coefficient (Wildman–Crippen LogP) is 3.77. The summed E-state index contributed by atoms with van der Waals surface area (Å²) in [5, 5.41) is 0. The number of hydrogen-bond acceptors (Lipinski definition) is 3. The standard InChI is InChI=1S/C12H10BrN3S/c1-7-3-4-9-8(5-7)15-12(16(9)2)10-11(13)17-6-14-10/h3-6H,1-2H3. The molecule has 3 aromatic rings. The van der Waals surface area contributed by atoms with Crippen LogP contribution < -0.4 is 0 Å². The second-order valence-corrected chi connectivity index (χ2v) is 6.13. The second kappa shape index (κ2) is 3.92. The van der Waals surface area contributed by atoms with Crippen LogP contribution in [0, 0.1) is 6.92 Å². The first kappa shape index (κ1) is 10.9. The van der Waals surface area contributed by atoms with Crippen molar-refractivity contribution in [2.24, 2.45) is 7.05 Å². The topological polar surface area (TPSA) is 30.7 Å². The van der Waals surface area contributed by atoms with Gasteiger partial charge >= 0.3 is 0 Å². The Kier molecular flexibility index (Phi) is 2.52. The zero-order chi connectivity index (χ0) is 12.0. The highest BCUT2D eigenvalue weighted by Gasteiger charge is 2.14. The highest BCUT2D eigenvalue weighted by Crippen LogP contribution is 2.31. The molecular weight excluding hydrogens is 298 g/mol. The number of aryl methyl sites for hydroxylation is 2. The van der Waals surface area contributed by atoms with Crippen LogP contribution in [-0.2, 0) is 7.05 Å². The van der Waals surface area contributed by atoms with Gasteiger partial charge in [0.25, 0.3) is 0 Å². The minimum absolute atomic E-state index is 0.902. The molecule has 0 fully saturated rings. The normalized spacial score (nSPS) is 11.2. The number of hydrogen-bond donors (Lipinski definition) is 0. The quantitative estimate of drug-likeness (QED) is 0.685. The molecule has 0 aliphatic rings. The van der Waals surface area contributed by atoms with Crippen molar-refractivity contribution >= 4 is 38.3 Å². The van der Waals surface area contributed by atoms with Gasteiger partial charge in [0, 0.05) is 7.05 Å². The van der Waals surface area contributed by atoms with Crippen LogP contribution in [0.15, 0.2) is 27.5 Å². The number of imidazole rings is 1. The fourth-order valence-corrected chi connectivity index (χ4v) is 2.94. The monoisotopic (exact) mass is 307 g/mol. The van der Waals surface area contributed by atoms with Gasteiger partial charge in [0.1, 0.15) is 9.48 Å². The van der Waals surface area contributed by atoms with Gasteiger partial charge in [0.05, 0.1) is 16.5 Å². The zero-order valence-electron chi connectivity index (χ0n) is 9.44. The maximum Gasteiger partial charge on any atom is 0.161 e. The summed E-state index contributed by atoms with van der Waals surface area (Å²) in [4.78, 5) is 9.01. The molecule has 5 heteroatoms. The van der Waals surface area contributed by atoms with Crippen LogP contribution in [0.25, 0.3) is 22.6 Å². The van der Waals surface area contributed by atoms with E-state index in [9.17, 15) is 0 Å². The van der Waals surface area contributed by atoms with Crippen LogP contribution in [0.4, 0.5) is 0 Å². The molecular formula is C12H10BrN3S. The number of thiazole rings is 1. The van der Waals surface area contributed by atoms with Gasteiger partial charge in [-0.2, -0.15) is 0 Å². The number of rotatable bonds is 1. The van der Waals surface area contributed by atoms with Crippen molar-refractivity contribution < 1.29 is 0 Å². The van der Waals surface area contributed by atoms with E-state index in [-0.39, 0.29) is 0 Å². The third-order valence-electron chi connectivity index (χ3n) is 2.77. The van der Waals surface area contributed by atoms with E-state index in [0.717, 1.165) is 26.3 Å². The minimum Gasteiger partial charge on any atom is -0.326 e. The predicted molar refractivity (Wildman–Crippen MR) is 74.3 cm³/mol. The first-order valence-corrected chi connectivity index (χ1v) is 6.86. The van der Waals surface area contributed by atoms with Crippen molar-refractivity contribution in [3.8, 4) is 11.5 Å². The lowest BCUT2D eigenvalue weighted by atomic mass is 10.2. The Hall–Kier alpha value is -1.20. The second-order valence-electron chi connectivity index (χ2n) is 3.96. The van der Waals surface area contributed by atoms with Crippen LogP contribution in [0.2, 0.25) is 0 Å². The van der Waals surface area contributed by atoms with Crippen molar-refractivity contribution in [3.63, 3.8) is 0 Å². The molecule has 1 aromatic carbocycles. The molecule has 3 nitrogen and oxygen atoms in total. The molecule has 0 spiro atoms. The molecule has 0 N–H and O–H groups in total.